The molecule has 1 heterocycles. The van der Waals surface area contributed by atoms with Gasteiger partial charge in [0.25, 0.3) is 0 Å². The van der Waals surface area contributed by atoms with E-state index in [0.29, 0.717) is 6.04 Å². The number of hydrogen-bond donors (Lipinski definition) is 1. The highest BCUT2D eigenvalue weighted by molar-refractivity contribution is 7.09. The van der Waals surface area contributed by atoms with Crippen molar-refractivity contribution in [2.75, 3.05) is 6.54 Å². The van der Waals surface area contributed by atoms with Crippen molar-refractivity contribution in [3.05, 3.63) is 57.8 Å². The summed E-state index contributed by atoms with van der Waals surface area (Å²) in [6, 6.07) is 14.0. The lowest BCUT2D eigenvalue weighted by Gasteiger charge is -2.23. The van der Waals surface area contributed by atoms with Crippen molar-refractivity contribution in [3.63, 3.8) is 0 Å². The Morgan fingerprint density at radius 2 is 1.89 bits per heavy atom. The maximum absolute atomic E-state index is 3.70. The average molecular weight is 271 g/mol. The van der Waals surface area contributed by atoms with Gasteiger partial charge < -0.3 is 5.32 Å². The van der Waals surface area contributed by atoms with E-state index in [1.54, 1.807) is 11.1 Å². The van der Waals surface area contributed by atoms with Gasteiger partial charge in [0.2, 0.25) is 0 Å². The molecule has 0 spiro atoms. The quantitative estimate of drug-likeness (QED) is 0.874. The molecule has 1 aliphatic carbocycles. The van der Waals surface area contributed by atoms with Gasteiger partial charge in [-0.05, 0) is 54.3 Å². The summed E-state index contributed by atoms with van der Waals surface area (Å²) in [5.74, 6) is 0.749. The Hall–Kier alpha value is -1.12. The molecule has 1 unspecified atom stereocenters. The van der Waals surface area contributed by atoms with Crippen LogP contribution >= 0.6 is 11.3 Å². The zero-order chi connectivity index (χ0) is 13.1. The largest absolute Gasteiger partial charge is 0.314 e. The molecule has 0 saturated carbocycles. The number of likely N-dealkylation sites (N-methyl/N-ethyl adjacent to an activating group) is 1. The van der Waals surface area contributed by atoms with Gasteiger partial charge in [-0.1, -0.05) is 37.3 Å². The molecule has 1 nitrogen and oxygen atoms in total. The predicted molar refractivity (Wildman–Crippen MR) is 82.8 cm³/mol. The Morgan fingerprint density at radius 1 is 1.16 bits per heavy atom. The second-order valence-electron chi connectivity index (χ2n) is 5.38. The van der Waals surface area contributed by atoms with Crippen LogP contribution in [0.4, 0.5) is 0 Å². The van der Waals surface area contributed by atoms with Crippen LogP contribution in [-0.2, 0) is 19.3 Å². The Balaban J connectivity index is 1.72. The number of fused-ring (bicyclic) bond motifs is 1. The molecular formula is C17H21NS. The summed E-state index contributed by atoms with van der Waals surface area (Å²) in [6.45, 7) is 3.27. The highest BCUT2D eigenvalue weighted by Crippen LogP contribution is 2.30. The van der Waals surface area contributed by atoms with Gasteiger partial charge in [-0.25, -0.2) is 0 Å². The van der Waals surface area contributed by atoms with Gasteiger partial charge >= 0.3 is 0 Å². The van der Waals surface area contributed by atoms with Gasteiger partial charge in [0.1, 0.15) is 0 Å². The van der Waals surface area contributed by atoms with Crippen molar-refractivity contribution in [3.8, 4) is 0 Å². The molecule has 1 N–H and O–H groups in total. The normalized spacial score (nSPS) is 16.5. The van der Waals surface area contributed by atoms with Gasteiger partial charge in [0, 0.05) is 10.9 Å². The van der Waals surface area contributed by atoms with Crippen LogP contribution < -0.4 is 5.32 Å². The lowest BCUT2D eigenvalue weighted by Crippen LogP contribution is -2.38. The van der Waals surface area contributed by atoms with Gasteiger partial charge in [0.05, 0.1) is 0 Å². The molecule has 1 aromatic heterocycles. The van der Waals surface area contributed by atoms with E-state index in [-0.39, 0.29) is 0 Å². The molecule has 1 aromatic carbocycles. The first-order chi connectivity index (χ1) is 9.36. The van der Waals surface area contributed by atoms with Crippen molar-refractivity contribution < 1.29 is 0 Å². The fourth-order valence-electron chi connectivity index (χ4n) is 3.19. The van der Waals surface area contributed by atoms with Crippen LogP contribution in [0.15, 0.2) is 41.8 Å². The van der Waals surface area contributed by atoms with Gasteiger partial charge in [0.15, 0.2) is 0 Å². The Morgan fingerprint density at radius 3 is 2.47 bits per heavy atom. The van der Waals surface area contributed by atoms with E-state index in [1.807, 2.05) is 11.3 Å². The molecule has 0 amide bonds. The molecule has 2 heteroatoms. The van der Waals surface area contributed by atoms with E-state index in [9.17, 15) is 0 Å². The lowest BCUT2D eigenvalue weighted by atomic mass is 9.93. The minimum absolute atomic E-state index is 0.607. The third-order valence-corrected chi connectivity index (χ3v) is 5.02. The van der Waals surface area contributed by atoms with E-state index < -0.39 is 0 Å². The summed E-state index contributed by atoms with van der Waals surface area (Å²) in [5, 5.41) is 5.89. The highest BCUT2D eigenvalue weighted by Gasteiger charge is 2.28. The summed E-state index contributed by atoms with van der Waals surface area (Å²) >= 11 is 1.88. The molecule has 1 aliphatic rings. The van der Waals surface area contributed by atoms with Crippen molar-refractivity contribution >= 4 is 11.3 Å². The highest BCUT2D eigenvalue weighted by atomic mass is 32.1. The van der Waals surface area contributed by atoms with Crippen molar-refractivity contribution in [2.45, 2.75) is 32.2 Å². The van der Waals surface area contributed by atoms with Crippen molar-refractivity contribution in [1.29, 1.82) is 0 Å². The smallest absolute Gasteiger partial charge is 0.0150 e. The molecule has 2 aromatic rings. The minimum atomic E-state index is 0.607. The van der Waals surface area contributed by atoms with E-state index in [1.165, 1.54) is 24.1 Å². The van der Waals surface area contributed by atoms with E-state index in [4.69, 9.17) is 0 Å². The molecule has 1 atom stereocenters. The second kappa shape index (κ2) is 5.89. The van der Waals surface area contributed by atoms with Crippen LogP contribution in [0.1, 0.15) is 22.9 Å². The maximum Gasteiger partial charge on any atom is 0.0150 e. The summed E-state index contributed by atoms with van der Waals surface area (Å²) in [7, 11) is 0. The summed E-state index contributed by atoms with van der Waals surface area (Å²) in [4.78, 5) is 1.50. The van der Waals surface area contributed by atoms with E-state index in [0.717, 1.165) is 12.5 Å². The third kappa shape index (κ3) is 2.90. The fraction of sp³-hybridized carbons (Fsp3) is 0.412. The molecule has 0 radical (unpaired) electrons. The van der Waals surface area contributed by atoms with Crippen LogP contribution in [0.25, 0.3) is 0 Å². The topological polar surface area (TPSA) is 12.0 Å². The molecule has 19 heavy (non-hydrogen) atoms. The first-order valence-electron chi connectivity index (χ1n) is 7.19. The summed E-state index contributed by atoms with van der Waals surface area (Å²) < 4.78 is 0. The summed E-state index contributed by atoms with van der Waals surface area (Å²) in [5.41, 5.74) is 3.11. The standard InChI is InChI=1S/C17H21NS/c1-2-18-17(12-16-8-5-9-19-16)15-10-13-6-3-4-7-14(13)11-15/h3-9,15,17-18H,2,10-12H2,1H3. The van der Waals surface area contributed by atoms with Crippen LogP contribution in [0.3, 0.4) is 0 Å². The first kappa shape index (κ1) is 12.9. The van der Waals surface area contributed by atoms with E-state index in [2.05, 4.69) is 54.0 Å². The lowest BCUT2D eigenvalue weighted by molar-refractivity contribution is 0.369. The van der Waals surface area contributed by atoms with Gasteiger partial charge in [-0.15, -0.1) is 11.3 Å². The van der Waals surface area contributed by atoms with Crippen LogP contribution in [0, 0.1) is 5.92 Å². The fourth-order valence-corrected chi connectivity index (χ4v) is 3.96. The van der Waals surface area contributed by atoms with Crippen molar-refractivity contribution in [1.82, 2.24) is 5.32 Å². The summed E-state index contributed by atoms with van der Waals surface area (Å²) in [6.07, 6.45) is 3.64. The zero-order valence-electron chi connectivity index (χ0n) is 11.4. The van der Waals surface area contributed by atoms with Crippen LogP contribution in [0.5, 0.6) is 0 Å². The molecule has 0 bridgehead atoms. The Labute approximate surface area is 119 Å². The maximum atomic E-state index is 3.70. The molecule has 0 aliphatic heterocycles. The molecule has 3 rings (SSSR count). The number of benzene rings is 1. The number of thiophene rings is 1. The molecule has 0 fully saturated rings. The second-order valence-corrected chi connectivity index (χ2v) is 6.42. The number of rotatable bonds is 5. The predicted octanol–water partition coefficient (Wildman–Crippen LogP) is 3.68. The Kier molecular flexibility index (Phi) is 4.00. The number of hydrogen-bond acceptors (Lipinski definition) is 2. The average Bonchev–Trinajstić information content (AvgIpc) is 3.06. The van der Waals surface area contributed by atoms with E-state index >= 15 is 0 Å². The monoisotopic (exact) mass is 271 g/mol. The van der Waals surface area contributed by atoms with Crippen LogP contribution in [-0.4, -0.2) is 12.6 Å². The van der Waals surface area contributed by atoms with Crippen LogP contribution in [0.2, 0.25) is 0 Å². The third-order valence-electron chi connectivity index (χ3n) is 4.12. The minimum Gasteiger partial charge on any atom is -0.314 e. The SMILES string of the molecule is CCNC(Cc1cccs1)C1Cc2ccccc2C1. The van der Waals surface area contributed by atoms with Gasteiger partial charge in [-0.3, -0.25) is 0 Å². The molecule has 100 valence electrons. The van der Waals surface area contributed by atoms with Crippen molar-refractivity contribution in [2.24, 2.45) is 5.92 Å². The number of nitrogens with one attached hydrogen (secondary N) is 1. The molecule has 0 saturated heterocycles. The molecular weight excluding hydrogens is 250 g/mol. The van der Waals surface area contributed by atoms with Gasteiger partial charge in [-0.2, -0.15) is 0 Å². The first-order valence-corrected chi connectivity index (χ1v) is 8.07. The zero-order valence-corrected chi connectivity index (χ0v) is 12.2. The Bertz CT molecular complexity index is 493.